The Balaban J connectivity index is 0.000000980. The molecule has 76 valence electrons. The van der Waals surface area contributed by atoms with Crippen molar-refractivity contribution in [2.24, 2.45) is 5.73 Å². The Kier molecular flexibility index (Phi) is 3.21. The molecule has 0 spiro atoms. The lowest BCUT2D eigenvalue weighted by atomic mass is 10.3. The molecule has 0 fully saturated rings. The molecule has 0 aliphatic rings. The minimum absolute atomic E-state index is 0. The zero-order chi connectivity index (χ0) is 9.26. The maximum Gasteiger partial charge on any atom is 0.243 e. The fourth-order valence-corrected chi connectivity index (χ4v) is 0.852. The summed E-state index contributed by atoms with van der Waals surface area (Å²) in [7, 11) is 0. The highest BCUT2D eigenvalue weighted by atomic mass is 35.5. The molecule has 0 unspecified atom stereocenters. The summed E-state index contributed by atoms with van der Waals surface area (Å²) in [6, 6.07) is 1.38. The molecule has 0 bridgehead atoms. The lowest BCUT2D eigenvalue weighted by Gasteiger charge is -1.92. The van der Waals surface area contributed by atoms with Crippen molar-refractivity contribution in [3.63, 3.8) is 0 Å². The highest BCUT2D eigenvalue weighted by molar-refractivity contribution is 5.85. The fraction of sp³-hybridized carbons (Fsp3) is 0.286. The number of nitrogens with two attached hydrogens (primary N) is 1. The molecule has 1 atom stereocenters. The summed E-state index contributed by atoms with van der Waals surface area (Å²) in [5.41, 5.74) is 6.08. The van der Waals surface area contributed by atoms with E-state index in [2.05, 4.69) is 19.8 Å². The zero-order valence-electron chi connectivity index (χ0n) is 7.38. The quantitative estimate of drug-likeness (QED) is 0.810. The van der Waals surface area contributed by atoms with Crippen molar-refractivity contribution in [1.29, 1.82) is 0 Å². The lowest BCUT2D eigenvalue weighted by Crippen LogP contribution is -2.04. The van der Waals surface area contributed by atoms with Crippen molar-refractivity contribution in [3.05, 3.63) is 18.2 Å². The number of hydrogen-bond donors (Lipinski definition) is 1. The van der Waals surface area contributed by atoms with Crippen LogP contribution in [0, 0.1) is 0 Å². The molecule has 0 aliphatic heterocycles. The molecule has 0 amide bonds. The van der Waals surface area contributed by atoms with E-state index < -0.39 is 0 Å². The monoisotopic (exact) mass is 216 g/mol. The molecule has 0 saturated heterocycles. The van der Waals surface area contributed by atoms with E-state index in [0.717, 1.165) is 0 Å². The van der Waals surface area contributed by atoms with Crippen LogP contribution in [-0.2, 0) is 0 Å². The van der Waals surface area contributed by atoms with Gasteiger partial charge in [0.2, 0.25) is 11.7 Å². The minimum Gasteiger partial charge on any atom is -0.364 e. The van der Waals surface area contributed by atoms with Crippen molar-refractivity contribution in [2.45, 2.75) is 13.0 Å². The predicted octanol–water partition coefficient (Wildman–Crippen LogP) is 1.17. The summed E-state index contributed by atoms with van der Waals surface area (Å²) in [6.45, 7) is 1.76. The summed E-state index contributed by atoms with van der Waals surface area (Å²) in [5, 5.41) is 7.35. The van der Waals surface area contributed by atoms with Gasteiger partial charge in [-0.15, -0.1) is 12.4 Å². The van der Waals surface area contributed by atoms with Crippen LogP contribution in [0.5, 0.6) is 0 Å². The first kappa shape index (κ1) is 10.7. The van der Waals surface area contributed by atoms with Crippen molar-refractivity contribution in [2.75, 3.05) is 0 Å². The standard InChI is InChI=1S/C7H8N4O2.ClH/c1-4(8)7-9-6(11-13-7)5-2-3-12-10-5;/h2-4H,8H2,1H3;1H/t4-;/m0./s1. The predicted molar refractivity (Wildman–Crippen MR) is 49.6 cm³/mol. The van der Waals surface area contributed by atoms with Gasteiger partial charge in [-0.3, -0.25) is 0 Å². The second kappa shape index (κ2) is 4.21. The van der Waals surface area contributed by atoms with Crippen molar-refractivity contribution < 1.29 is 9.05 Å². The largest absolute Gasteiger partial charge is 0.364 e. The molecular formula is C7H9ClN4O2. The molecule has 14 heavy (non-hydrogen) atoms. The Hall–Kier alpha value is -1.40. The topological polar surface area (TPSA) is 91.0 Å². The maximum atomic E-state index is 5.54. The third-order valence-electron chi connectivity index (χ3n) is 1.50. The smallest absolute Gasteiger partial charge is 0.243 e. The van der Waals surface area contributed by atoms with E-state index in [4.69, 9.17) is 10.3 Å². The molecular weight excluding hydrogens is 208 g/mol. The van der Waals surface area contributed by atoms with Crippen LogP contribution in [0.3, 0.4) is 0 Å². The van der Waals surface area contributed by atoms with E-state index in [1.165, 1.54) is 6.26 Å². The van der Waals surface area contributed by atoms with Crippen LogP contribution in [0.15, 0.2) is 21.4 Å². The van der Waals surface area contributed by atoms with Gasteiger partial charge in [0.25, 0.3) is 0 Å². The summed E-state index contributed by atoms with van der Waals surface area (Å²) in [5.74, 6) is 0.777. The van der Waals surface area contributed by atoms with Crippen LogP contribution in [0.2, 0.25) is 0 Å². The van der Waals surface area contributed by atoms with Gasteiger partial charge in [0.05, 0.1) is 6.04 Å². The van der Waals surface area contributed by atoms with E-state index in [9.17, 15) is 0 Å². The summed E-state index contributed by atoms with van der Waals surface area (Å²) >= 11 is 0. The van der Waals surface area contributed by atoms with Crippen LogP contribution in [-0.4, -0.2) is 15.3 Å². The van der Waals surface area contributed by atoms with Gasteiger partial charge in [-0.2, -0.15) is 4.98 Å². The second-order valence-electron chi connectivity index (χ2n) is 2.63. The first-order valence-electron chi connectivity index (χ1n) is 3.77. The Morgan fingerprint density at radius 2 is 2.21 bits per heavy atom. The molecule has 2 aromatic rings. The highest BCUT2D eigenvalue weighted by Gasteiger charge is 2.13. The molecule has 2 heterocycles. The molecule has 0 aromatic carbocycles. The fourth-order valence-electron chi connectivity index (χ4n) is 0.852. The van der Waals surface area contributed by atoms with E-state index in [1.807, 2.05) is 0 Å². The average molecular weight is 217 g/mol. The normalized spacial score (nSPS) is 12.1. The van der Waals surface area contributed by atoms with Crippen LogP contribution in [0.4, 0.5) is 0 Å². The average Bonchev–Trinajstić information content (AvgIpc) is 2.75. The summed E-state index contributed by atoms with van der Waals surface area (Å²) in [6.07, 6.45) is 1.44. The van der Waals surface area contributed by atoms with Gasteiger partial charge in [-0.1, -0.05) is 10.3 Å². The third-order valence-corrected chi connectivity index (χ3v) is 1.50. The molecule has 0 radical (unpaired) electrons. The lowest BCUT2D eigenvalue weighted by molar-refractivity contribution is 0.361. The zero-order valence-corrected chi connectivity index (χ0v) is 8.19. The number of halogens is 1. The van der Waals surface area contributed by atoms with Gasteiger partial charge in [0.15, 0.2) is 5.69 Å². The van der Waals surface area contributed by atoms with Crippen molar-refractivity contribution in [1.82, 2.24) is 15.3 Å². The van der Waals surface area contributed by atoms with Crippen LogP contribution >= 0.6 is 12.4 Å². The van der Waals surface area contributed by atoms with E-state index in [0.29, 0.717) is 17.4 Å². The first-order valence-corrected chi connectivity index (χ1v) is 3.77. The second-order valence-corrected chi connectivity index (χ2v) is 2.63. The Bertz CT molecular complexity index is 384. The molecule has 0 saturated carbocycles. The SMILES string of the molecule is C[C@H](N)c1nc(-c2ccon2)no1.Cl. The first-order chi connectivity index (χ1) is 6.27. The Morgan fingerprint density at radius 1 is 1.43 bits per heavy atom. The number of rotatable bonds is 2. The van der Waals surface area contributed by atoms with Crippen LogP contribution in [0.25, 0.3) is 11.5 Å². The number of hydrogen-bond acceptors (Lipinski definition) is 6. The van der Waals surface area contributed by atoms with Gasteiger partial charge in [-0.05, 0) is 6.92 Å². The van der Waals surface area contributed by atoms with Gasteiger partial charge >= 0.3 is 0 Å². The molecule has 0 aliphatic carbocycles. The van der Waals surface area contributed by atoms with E-state index in [1.54, 1.807) is 13.0 Å². The van der Waals surface area contributed by atoms with Gasteiger partial charge < -0.3 is 14.8 Å². The molecule has 6 nitrogen and oxygen atoms in total. The Labute approximate surface area is 85.9 Å². The van der Waals surface area contributed by atoms with Crippen molar-refractivity contribution in [3.8, 4) is 11.5 Å². The van der Waals surface area contributed by atoms with Gasteiger partial charge in [0, 0.05) is 6.07 Å². The van der Waals surface area contributed by atoms with Crippen LogP contribution in [0.1, 0.15) is 18.9 Å². The van der Waals surface area contributed by atoms with Gasteiger partial charge in [-0.25, -0.2) is 0 Å². The molecule has 2 aromatic heterocycles. The summed E-state index contributed by atoms with van der Waals surface area (Å²) in [4.78, 5) is 4.03. The molecule has 2 N–H and O–H groups in total. The number of nitrogens with zero attached hydrogens (tertiary/aromatic N) is 3. The molecule has 2 rings (SSSR count). The van der Waals surface area contributed by atoms with Crippen molar-refractivity contribution >= 4 is 12.4 Å². The highest BCUT2D eigenvalue weighted by Crippen LogP contribution is 2.14. The molecule has 7 heteroatoms. The Morgan fingerprint density at radius 3 is 2.71 bits per heavy atom. The van der Waals surface area contributed by atoms with Gasteiger partial charge in [0.1, 0.15) is 6.26 Å². The minimum atomic E-state index is -0.270. The van der Waals surface area contributed by atoms with E-state index >= 15 is 0 Å². The summed E-state index contributed by atoms with van der Waals surface area (Å²) < 4.78 is 9.52. The maximum absolute atomic E-state index is 5.54. The third kappa shape index (κ3) is 1.91. The number of aromatic nitrogens is 3. The van der Waals surface area contributed by atoms with Crippen LogP contribution < -0.4 is 5.73 Å². The van der Waals surface area contributed by atoms with E-state index in [-0.39, 0.29) is 18.4 Å².